The summed E-state index contributed by atoms with van der Waals surface area (Å²) in [6, 6.07) is 0. The molecule has 1 fully saturated rings. The van der Waals surface area contributed by atoms with Gasteiger partial charge in [0.1, 0.15) is 0 Å². The fourth-order valence-corrected chi connectivity index (χ4v) is 2.64. The first kappa shape index (κ1) is 13.9. The lowest BCUT2D eigenvalue weighted by Gasteiger charge is -2.33. The van der Waals surface area contributed by atoms with Gasteiger partial charge in [0, 0.05) is 38.1 Å². The highest BCUT2D eigenvalue weighted by Crippen LogP contribution is 2.08. The van der Waals surface area contributed by atoms with Crippen LogP contribution in [-0.4, -0.2) is 60.0 Å². The summed E-state index contributed by atoms with van der Waals surface area (Å²) in [6.07, 6.45) is 0. The Bertz CT molecular complexity index is 337. The Kier molecular flexibility index (Phi) is 5.08. The molecule has 0 radical (unpaired) electrons. The van der Waals surface area contributed by atoms with E-state index in [1.165, 1.54) is 0 Å². The van der Waals surface area contributed by atoms with Crippen LogP contribution < -0.4 is 5.32 Å². The van der Waals surface area contributed by atoms with Crippen LogP contribution in [0.1, 0.15) is 12.6 Å². The van der Waals surface area contributed by atoms with Crippen molar-refractivity contribution in [3.63, 3.8) is 0 Å². The molecule has 1 aliphatic rings. The van der Waals surface area contributed by atoms with E-state index in [2.05, 4.69) is 15.2 Å². The Morgan fingerprint density at radius 1 is 1.56 bits per heavy atom. The maximum absolute atomic E-state index is 10.3. The average molecular weight is 271 g/mol. The molecule has 2 heterocycles. The van der Waals surface area contributed by atoms with Gasteiger partial charge in [-0.05, 0) is 6.92 Å². The first-order valence-corrected chi connectivity index (χ1v) is 7.20. The summed E-state index contributed by atoms with van der Waals surface area (Å²) in [6.45, 7) is 7.18. The number of hydrogen-bond acceptors (Lipinski definition) is 6. The topological polar surface area (TPSA) is 57.6 Å². The zero-order valence-corrected chi connectivity index (χ0v) is 11.6. The van der Waals surface area contributed by atoms with E-state index in [-0.39, 0.29) is 0 Å². The lowest BCUT2D eigenvalue weighted by atomic mass is 10.1. The van der Waals surface area contributed by atoms with Gasteiger partial charge in [0.15, 0.2) is 0 Å². The molecule has 5 nitrogen and oxygen atoms in total. The minimum atomic E-state index is -0.715. The summed E-state index contributed by atoms with van der Waals surface area (Å²) in [7, 11) is 0. The van der Waals surface area contributed by atoms with Crippen LogP contribution >= 0.6 is 11.3 Å². The molecule has 0 amide bonds. The molecule has 18 heavy (non-hydrogen) atoms. The van der Waals surface area contributed by atoms with Gasteiger partial charge in [-0.25, -0.2) is 4.98 Å². The van der Waals surface area contributed by atoms with Crippen molar-refractivity contribution in [2.45, 2.75) is 19.1 Å². The highest BCUT2D eigenvalue weighted by atomic mass is 32.1. The van der Waals surface area contributed by atoms with Gasteiger partial charge >= 0.3 is 0 Å². The number of β-amino-alcohol motifs (C(OH)–C–C–N with tert-alkyl or cyclic N) is 1. The highest BCUT2D eigenvalue weighted by molar-refractivity contribution is 7.07. The Balaban J connectivity index is 1.69. The van der Waals surface area contributed by atoms with Crippen LogP contribution in [0.5, 0.6) is 0 Å². The largest absolute Gasteiger partial charge is 0.388 e. The van der Waals surface area contributed by atoms with E-state index < -0.39 is 5.60 Å². The molecule has 1 saturated heterocycles. The van der Waals surface area contributed by atoms with Crippen LogP contribution in [-0.2, 0) is 11.3 Å². The van der Waals surface area contributed by atoms with E-state index in [1.807, 2.05) is 17.8 Å². The Morgan fingerprint density at radius 2 is 2.33 bits per heavy atom. The third-order valence-corrected chi connectivity index (χ3v) is 3.60. The zero-order chi connectivity index (χ0) is 12.8. The molecular formula is C12H21N3O2S. The number of thiazole rings is 1. The van der Waals surface area contributed by atoms with Gasteiger partial charge in [0.25, 0.3) is 0 Å². The Labute approximate surface area is 112 Å². The van der Waals surface area contributed by atoms with Gasteiger partial charge in [0.2, 0.25) is 0 Å². The minimum Gasteiger partial charge on any atom is -0.388 e. The molecule has 2 N–H and O–H groups in total. The van der Waals surface area contributed by atoms with Crippen molar-refractivity contribution in [1.29, 1.82) is 0 Å². The molecule has 1 atom stereocenters. The van der Waals surface area contributed by atoms with Crippen LogP contribution in [0.25, 0.3) is 0 Å². The molecule has 102 valence electrons. The van der Waals surface area contributed by atoms with Crippen molar-refractivity contribution in [3.05, 3.63) is 16.6 Å². The number of morpholine rings is 1. The second kappa shape index (κ2) is 6.58. The number of hydrogen-bond donors (Lipinski definition) is 2. The van der Waals surface area contributed by atoms with Gasteiger partial charge in [-0.3, -0.25) is 4.90 Å². The summed E-state index contributed by atoms with van der Waals surface area (Å²) in [5.74, 6) is 0. The quantitative estimate of drug-likeness (QED) is 0.780. The summed E-state index contributed by atoms with van der Waals surface area (Å²) >= 11 is 1.59. The van der Waals surface area contributed by atoms with Crippen LogP contribution in [0.3, 0.4) is 0 Å². The normalized spacial score (nSPS) is 20.8. The summed E-state index contributed by atoms with van der Waals surface area (Å²) in [4.78, 5) is 6.44. The van der Waals surface area contributed by atoms with E-state index >= 15 is 0 Å². The van der Waals surface area contributed by atoms with Crippen molar-refractivity contribution < 1.29 is 9.84 Å². The smallest absolute Gasteiger partial charge is 0.0869 e. The fraction of sp³-hybridized carbons (Fsp3) is 0.750. The van der Waals surface area contributed by atoms with Crippen LogP contribution in [0.2, 0.25) is 0 Å². The maximum atomic E-state index is 10.3. The molecule has 0 bridgehead atoms. The number of ether oxygens (including phenoxy) is 1. The average Bonchev–Trinajstić information content (AvgIpc) is 2.82. The number of nitrogens with one attached hydrogen (secondary N) is 1. The van der Waals surface area contributed by atoms with Crippen molar-refractivity contribution >= 4 is 11.3 Å². The number of aromatic nitrogens is 1. The first-order chi connectivity index (χ1) is 8.66. The monoisotopic (exact) mass is 271 g/mol. The zero-order valence-electron chi connectivity index (χ0n) is 10.8. The van der Waals surface area contributed by atoms with Crippen LogP contribution in [0.4, 0.5) is 0 Å². The summed E-state index contributed by atoms with van der Waals surface area (Å²) in [5, 5.41) is 15.6. The number of rotatable bonds is 6. The molecule has 0 aromatic carbocycles. The molecule has 1 aromatic heterocycles. The standard InChI is InChI=1S/C12H21N3O2S/c1-12(16,9-15-2-4-17-5-3-15)8-13-6-11-7-18-10-14-11/h7,10,13,16H,2-6,8-9H2,1H3. The first-order valence-electron chi connectivity index (χ1n) is 6.26. The molecule has 0 spiro atoms. The van der Waals surface area contributed by atoms with Gasteiger partial charge in [-0.15, -0.1) is 11.3 Å². The van der Waals surface area contributed by atoms with E-state index in [0.717, 1.165) is 32.0 Å². The van der Waals surface area contributed by atoms with E-state index in [0.29, 0.717) is 19.6 Å². The lowest BCUT2D eigenvalue weighted by Crippen LogP contribution is -2.50. The molecular weight excluding hydrogens is 250 g/mol. The van der Waals surface area contributed by atoms with Crippen molar-refractivity contribution in [2.75, 3.05) is 39.4 Å². The van der Waals surface area contributed by atoms with Gasteiger partial charge in [0.05, 0.1) is 30.0 Å². The van der Waals surface area contributed by atoms with Gasteiger partial charge in [-0.2, -0.15) is 0 Å². The lowest BCUT2D eigenvalue weighted by molar-refractivity contribution is -0.0219. The van der Waals surface area contributed by atoms with Crippen LogP contribution in [0.15, 0.2) is 10.9 Å². The predicted octanol–water partition coefficient (Wildman–Crippen LogP) is 0.316. The maximum Gasteiger partial charge on any atom is 0.0869 e. The van der Waals surface area contributed by atoms with Crippen LogP contribution in [0, 0.1) is 0 Å². The highest BCUT2D eigenvalue weighted by Gasteiger charge is 2.24. The fourth-order valence-electron chi connectivity index (χ4n) is 2.08. The van der Waals surface area contributed by atoms with Gasteiger partial charge < -0.3 is 15.2 Å². The van der Waals surface area contributed by atoms with Gasteiger partial charge in [-0.1, -0.05) is 0 Å². The van der Waals surface area contributed by atoms with Crippen molar-refractivity contribution in [2.24, 2.45) is 0 Å². The molecule has 0 saturated carbocycles. The summed E-state index contributed by atoms with van der Waals surface area (Å²) in [5.41, 5.74) is 2.14. The third kappa shape index (κ3) is 4.62. The number of nitrogens with zero attached hydrogens (tertiary/aromatic N) is 2. The van der Waals surface area contributed by atoms with E-state index in [4.69, 9.17) is 4.74 Å². The molecule has 1 aromatic rings. The summed E-state index contributed by atoms with van der Waals surface area (Å²) < 4.78 is 5.30. The number of aliphatic hydroxyl groups is 1. The van der Waals surface area contributed by atoms with Crippen molar-refractivity contribution in [1.82, 2.24) is 15.2 Å². The molecule has 1 aliphatic heterocycles. The second-order valence-electron chi connectivity index (χ2n) is 4.97. The predicted molar refractivity (Wildman–Crippen MR) is 71.7 cm³/mol. The third-order valence-electron chi connectivity index (χ3n) is 2.96. The minimum absolute atomic E-state index is 0.571. The van der Waals surface area contributed by atoms with Crippen molar-refractivity contribution in [3.8, 4) is 0 Å². The Hall–Kier alpha value is -0.530. The van der Waals surface area contributed by atoms with E-state index in [1.54, 1.807) is 11.3 Å². The molecule has 0 aliphatic carbocycles. The molecule has 6 heteroatoms. The molecule has 2 rings (SSSR count). The molecule has 1 unspecified atom stereocenters. The SMILES string of the molecule is CC(O)(CNCc1cscn1)CN1CCOCC1. The Morgan fingerprint density at radius 3 is 3.00 bits per heavy atom. The second-order valence-corrected chi connectivity index (χ2v) is 5.69. The van der Waals surface area contributed by atoms with E-state index in [9.17, 15) is 5.11 Å².